The van der Waals surface area contributed by atoms with Gasteiger partial charge in [0.05, 0.1) is 29.4 Å². The van der Waals surface area contributed by atoms with E-state index in [2.05, 4.69) is 11.9 Å². The Morgan fingerprint density at radius 2 is 1.73 bits per heavy atom. The molecule has 3 aromatic carbocycles. The van der Waals surface area contributed by atoms with Gasteiger partial charge in [0.2, 0.25) is 5.91 Å². The summed E-state index contributed by atoms with van der Waals surface area (Å²) in [6, 6.07) is 21.1. The Balaban J connectivity index is 1.44. The number of cyclic esters (lactones) is 1. The second-order valence-electron chi connectivity index (χ2n) is 11.0. The Morgan fingerprint density at radius 1 is 1.04 bits per heavy atom. The highest BCUT2D eigenvalue weighted by Gasteiger charge is 2.54. The zero-order valence-electron chi connectivity index (χ0n) is 24.3. The predicted octanol–water partition coefficient (Wildman–Crippen LogP) is 5.64. The molecule has 2 aliphatic heterocycles. The molecule has 5 rings (SSSR count). The van der Waals surface area contributed by atoms with E-state index >= 15 is 0 Å². The summed E-state index contributed by atoms with van der Waals surface area (Å²) in [7, 11) is 5.45. The molecule has 45 heavy (non-hydrogen) atoms. The van der Waals surface area contributed by atoms with Gasteiger partial charge in [0, 0.05) is 12.2 Å². The summed E-state index contributed by atoms with van der Waals surface area (Å²) in [5, 5.41) is 2.72. The average molecular weight is 613 g/mol. The summed E-state index contributed by atoms with van der Waals surface area (Å²) in [6.45, 7) is 4.22. The molecule has 2 heterocycles. The number of alkyl halides is 3. The smallest absolute Gasteiger partial charge is 0.416 e. The minimum atomic E-state index is -4.53. The average Bonchev–Trinajstić information content (AvgIpc) is 3.40. The molecular formula is C34H31BF3N3O4. The summed E-state index contributed by atoms with van der Waals surface area (Å²) in [6.07, 6.45) is -1.39. The number of likely N-dealkylation sites (tertiary alicyclic amines) is 1. The molecule has 0 bridgehead atoms. The Labute approximate surface area is 260 Å². The molecule has 3 aromatic rings. The van der Waals surface area contributed by atoms with E-state index in [0.717, 1.165) is 23.3 Å². The number of hydrogen-bond donors (Lipinski definition) is 1. The molecule has 4 atom stereocenters. The first-order valence-electron chi connectivity index (χ1n) is 14.5. The van der Waals surface area contributed by atoms with Crippen LogP contribution in [0.2, 0.25) is 0 Å². The van der Waals surface area contributed by atoms with Crippen molar-refractivity contribution >= 4 is 31.6 Å². The van der Waals surface area contributed by atoms with Crippen molar-refractivity contribution in [2.45, 2.75) is 49.7 Å². The van der Waals surface area contributed by atoms with Crippen molar-refractivity contribution in [1.29, 1.82) is 0 Å². The molecule has 11 heteroatoms. The van der Waals surface area contributed by atoms with Gasteiger partial charge in [-0.1, -0.05) is 91.5 Å². The Hall–Kier alpha value is -4.80. The van der Waals surface area contributed by atoms with Gasteiger partial charge < -0.3 is 19.7 Å². The van der Waals surface area contributed by atoms with Crippen LogP contribution in [-0.4, -0.2) is 60.1 Å². The molecule has 2 aliphatic rings. The molecule has 2 saturated heterocycles. The van der Waals surface area contributed by atoms with E-state index in [-0.39, 0.29) is 31.6 Å². The topological polar surface area (TPSA) is 79.0 Å². The van der Waals surface area contributed by atoms with Crippen LogP contribution in [0.1, 0.15) is 41.1 Å². The largest absolute Gasteiger partial charge is 0.447 e. The third kappa shape index (κ3) is 7.14. The number of benzene rings is 3. The second kappa shape index (κ2) is 13.5. The summed E-state index contributed by atoms with van der Waals surface area (Å²) in [5.74, 6) is -0.519. The van der Waals surface area contributed by atoms with Crippen LogP contribution in [0.25, 0.3) is 6.08 Å². The van der Waals surface area contributed by atoms with Gasteiger partial charge in [0.25, 0.3) is 0 Å². The molecule has 7 nitrogen and oxygen atoms in total. The molecule has 230 valence electrons. The lowest BCUT2D eigenvalue weighted by Crippen LogP contribution is -2.68. The van der Waals surface area contributed by atoms with Crippen molar-refractivity contribution in [3.05, 3.63) is 126 Å². The Kier molecular flexibility index (Phi) is 9.46. The monoisotopic (exact) mass is 613 g/mol. The quantitative estimate of drug-likeness (QED) is 0.284. The van der Waals surface area contributed by atoms with E-state index in [1.54, 1.807) is 9.80 Å². The summed E-state index contributed by atoms with van der Waals surface area (Å²) < 4.78 is 45.2. The molecule has 0 aromatic heterocycles. The van der Waals surface area contributed by atoms with Gasteiger partial charge in [-0.25, -0.2) is 4.79 Å². The van der Waals surface area contributed by atoms with Crippen molar-refractivity contribution in [1.82, 2.24) is 15.1 Å². The van der Waals surface area contributed by atoms with Gasteiger partial charge in [-0.15, -0.1) is 0 Å². The first kappa shape index (κ1) is 31.6. The van der Waals surface area contributed by atoms with E-state index in [4.69, 9.17) is 12.6 Å². The van der Waals surface area contributed by atoms with E-state index < -0.39 is 53.6 Å². The number of carbonyl (C=O) groups excluding carboxylic acids is 3. The van der Waals surface area contributed by atoms with Crippen LogP contribution >= 0.6 is 0 Å². The zero-order chi connectivity index (χ0) is 32.1. The minimum absolute atomic E-state index is 0.0255. The molecule has 0 aliphatic carbocycles. The summed E-state index contributed by atoms with van der Waals surface area (Å²) in [5.41, 5.74) is 1.05. The number of hydrogen-bond acceptors (Lipinski definition) is 5. The fourth-order valence-corrected chi connectivity index (χ4v) is 5.83. The Morgan fingerprint density at radius 3 is 2.40 bits per heavy atom. The third-order valence-electron chi connectivity index (χ3n) is 8.02. The van der Waals surface area contributed by atoms with Crippen LogP contribution in [0.15, 0.2) is 103 Å². The van der Waals surface area contributed by atoms with Crippen LogP contribution in [-0.2, 0) is 27.0 Å². The molecule has 2 fully saturated rings. The first-order valence-corrected chi connectivity index (χ1v) is 14.5. The number of amides is 2. The van der Waals surface area contributed by atoms with Crippen molar-refractivity contribution in [3.8, 4) is 0 Å². The van der Waals surface area contributed by atoms with Crippen LogP contribution in [0.5, 0.6) is 0 Å². The summed E-state index contributed by atoms with van der Waals surface area (Å²) in [4.78, 5) is 42.0. The van der Waals surface area contributed by atoms with Gasteiger partial charge in [-0.2, -0.15) is 13.2 Å². The molecule has 2 amide bonds. The van der Waals surface area contributed by atoms with Crippen LogP contribution in [0.4, 0.5) is 18.0 Å². The van der Waals surface area contributed by atoms with Crippen LogP contribution < -0.4 is 5.32 Å². The second-order valence-corrected chi connectivity index (χ2v) is 11.0. The number of ether oxygens (including phenoxy) is 1. The summed E-state index contributed by atoms with van der Waals surface area (Å²) >= 11 is 0. The van der Waals surface area contributed by atoms with Gasteiger partial charge in [0.15, 0.2) is 7.85 Å². The fourth-order valence-electron chi connectivity index (χ4n) is 5.83. The number of carbonyl (C=O) groups is 3. The van der Waals surface area contributed by atoms with E-state index in [9.17, 15) is 27.6 Å². The van der Waals surface area contributed by atoms with E-state index in [1.807, 2.05) is 72.8 Å². The van der Waals surface area contributed by atoms with Crippen molar-refractivity contribution in [3.63, 3.8) is 0 Å². The highest BCUT2D eigenvalue weighted by Crippen LogP contribution is 2.43. The number of rotatable bonds is 11. The van der Waals surface area contributed by atoms with Crippen LogP contribution in [0, 0.1) is 0 Å². The number of nitrogens with zero attached hydrogens (tertiary/aromatic N) is 2. The van der Waals surface area contributed by atoms with Crippen molar-refractivity contribution in [2.75, 3.05) is 6.61 Å². The standard InChI is InChI=1S/C34H31BF3N3O4/c1-22-31(41-29(21-45-33(41)44)25-12-6-3-7-13-25)27(16-15-23-9-4-2-5-10-23)40(22)28(17-18-30(35)42)32(43)39-20-24-11-8-14-26(19-24)34(36,37)38/h2-16,19,27-29,31H,1,17-18,20-21H2,(H,39,43)/b16-15+/t27-,28+,29-,31-/m1/s1. The van der Waals surface area contributed by atoms with E-state index in [0.29, 0.717) is 5.70 Å². The zero-order valence-corrected chi connectivity index (χ0v) is 24.3. The first-order chi connectivity index (χ1) is 21.5. The predicted molar refractivity (Wildman–Crippen MR) is 163 cm³/mol. The van der Waals surface area contributed by atoms with Gasteiger partial charge in [0.1, 0.15) is 12.6 Å². The maximum Gasteiger partial charge on any atom is 0.416 e. The minimum Gasteiger partial charge on any atom is -0.447 e. The number of halogens is 3. The molecule has 0 saturated carbocycles. The lowest BCUT2D eigenvalue weighted by atomic mass is 9.84. The van der Waals surface area contributed by atoms with Gasteiger partial charge >= 0.3 is 12.3 Å². The molecule has 1 N–H and O–H groups in total. The maximum absolute atomic E-state index is 13.7. The molecule has 0 unspecified atom stereocenters. The third-order valence-corrected chi connectivity index (χ3v) is 8.02. The lowest BCUT2D eigenvalue weighted by Gasteiger charge is -2.56. The Bertz CT molecular complexity index is 1580. The van der Waals surface area contributed by atoms with E-state index in [1.165, 1.54) is 12.1 Å². The molecule has 2 radical (unpaired) electrons. The van der Waals surface area contributed by atoms with Crippen molar-refractivity contribution in [2.24, 2.45) is 0 Å². The van der Waals surface area contributed by atoms with Gasteiger partial charge in [-0.05, 0) is 41.7 Å². The molecular weight excluding hydrogens is 582 g/mol. The van der Waals surface area contributed by atoms with Gasteiger partial charge in [-0.3, -0.25) is 9.69 Å². The molecule has 0 spiro atoms. The van der Waals surface area contributed by atoms with Crippen LogP contribution in [0.3, 0.4) is 0 Å². The maximum atomic E-state index is 13.7. The normalized spacial score (nSPS) is 20.6. The SMILES string of the molecule is [B]C(=O)CC[C@@H](C(=O)NCc1cccc(C(F)(F)F)c1)N1C(=C)[C@@H](N2C(=O)OC[C@@H]2c2ccccc2)[C@H]1/C=C/c1ccccc1. The number of nitrogens with one attached hydrogen (secondary N) is 1. The fraction of sp³-hybridized carbons (Fsp3) is 0.265. The highest BCUT2D eigenvalue weighted by atomic mass is 19.4. The lowest BCUT2D eigenvalue weighted by molar-refractivity contribution is -0.137. The highest BCUT2D eigenvalue weighted by molar-refractivity contribution is 6.57. The van der Waals surface area contributed by atoms with Crippen molar-refractivity contribution < 1.29 is 32.3 Å².